The maximum absolute atomic E-state index is 14.5. The Labute approximate surface area is 202 Å². The number of Topliss-reactive ketones (excluding diaryl/α,β-unsaturated/α-hetero) is 1. The molecule has 6 rings (SSSR count). The fourth-order valence-electron chi connectivity index (χ4n) is 5.30. The van der Waals surface area contributed by atoms with Crippen molar-refractivity contribution in [2.75, 3.05) is 5.32 Å². The fraction of sp³-hybridized carbons (Fsp3) is 0.391. The van der Waals surface area contributed by atoms with E-state index in [4.69, 9.17) is 0 Å². The van der Waals surface area contributed by atoms with Gasteiger partial charge in [-0.3, -0.25) is 19.4 Å². The summed E-state index contributed by atoms with van der Waals surface area (Å²) in [4.78, 5) is 43.0. The Hall–Kier alpha value is -3.87. The molecule has 2 aromatic heterocycles. The van der Waals surface area contributed by atoms with Crippen LogP contribution in [-0.4, -0.2) is 32.7 Å². The molecule has 2 aliphatic heterocycles. The van der Waals surface area contributed by atoms with Crippen LogP contribution < -0.4 is 27.0 Å². The predicted octanol–water partition coefficient (Wildman–Crippen LogP) is 1.92. The van der Waals surface area contributed by atoms with Crippen molar-refractivity contribution >= 4 is 23.3 Å². The molecule has 188 valence electrons. The number of ketones is 1. The van der Waals surface area contributed by atoms with Crippen molar-refractivity contribution in [2.45, 2.75) is 50.6 Å². The van der Waals surface area contributed by atoms with Gasteiger partial charge in [0.15, 0.2) is 5.82 Å². The lowest BCUT2D eigenvalue weighted by atomic mass is 10.0. The van der Waals surface area contributed by atoms with Crippen LogP contribution in [0.15, 0.2) is 24.2 Å². The molecule has 2 atom stereocenters. The van der Waals surface area contributed by atoms with Gasteiger partial charge in [-0.1, -0.05) is 0 Å². The highest BCUT2D eigenvalue weighted by atomic mass is 19.3. The van der Waals surface area contributed by atoms with Gasteiger partial charge in [-0.05, 0) is 50.2 Å². The number of carbonyl (C=O) groups excluding carboxylic acids is 3. The van der Waals surface area contributed by atoms with Crippen molar-refractivity contribution in [1.82, 2.24) is 31.3 Å². The van der Waals surface area contributed by atoms with Gasteiger partial charge < -0.3 is 26.1 Å². The highest BCUT2D eigenvalue weighted by molar-refractivity contribution is 6.44. The average molecular weight is 501 g/mol. The molecule has 2 aromatic rings. The number of rotatable bonds is 7. The lowest BCUT2D eigenvalue weighted by Gasteiger charge is -2.18. The van der Waals surface area contributed by atoms with Crippen molar-refractivity contribution < 1.29 is 27.6 Å². The number of anilines is 1. The Bertz CT molecular complexity index is 1370. The molecule has 36 heavy (non-hydrogen) atoms. The Balaban J connectivity index is 1.31. The molecule has 4 aliphatic rings. The predicted molar refractivity (Wildman–Crippen MR) is 119 cm³/mol. The number of fused-ring (bicyclic) bond motifs is 3. The molecule has 0 saturated heterocycles. The second-order valence-corrected chi connectivity index (χ2v) is 9.56. The van der Waals surface area contributed by atoms with Crippen molar-refractivity contribution in [2.24, 2.45) is 5.92 Å². The van der Waals surface area contributed by atoms with Gasteiger partial charge in [0.2, 0.25) is 0 Å². The molecule has 10 nitrogen and oxygen atoms in total. The fourth-order valence-corrected chi connectivity index (χ4v) is 5.30. The molecule has 0 spiro atoms. The van der Waals surface area contributed by atoms with E-state index in [9.17, 15) is 27.6 Å². The van der Waals surface area contributed by atoms with Gasteiger partial charge in [-0.2, -0.15) is 5.53 Å². The first-order chi connectivity index (χ1) is 17.2. The van der Waals surface area contributed by atoms with Crippen LogP contribution in [0.2, 0.25) is 0 Å². The first-order valence-corrected chi connectivity index (χ1v) is 11.5. The summed E-state index contributed by atoms with van der Waals surface area (Å²) in [5.74, 6) is -3.35. The van der Waals surface area contributed by atoms with E-state index in [-0.39, 0.29) is 23.2 Å². The lowest BCUT2D eigenvalue weighted by molar-refractivity contribution is -0.117. The minimum absolute atomic E-state index is 0.00254. The molecule has 4 heterocycles. The van der Waals surface area contributed by atoms with Crippen LogP contribution in [0.25, 0.3) is 0 Å². The third-order valence-electron chi connectivity index (χ3n) is 7.35. The van der Waals surface area contributed by atoms with E-state index in [0.29, 0.717) is 36.2 Å². The summed E-state index contributed by atoms with van der Waals surface area (Å²) in [7, 11) is 0. The van der Waals surface area contributed by atoms with E-state index in [0.717, 1.165) is 18.7 Å². The smallest absolute Gasteiger partial charge is 0.293 e. The molecule has 0 bridgehead atoms. The van der Waals surface area contributed by atoms with Gasteiger partial charge in [0.05, 0.1) is 22.5 Å². The number of carbonyl (C=O) groups is 3. The average Bonchev–Trinajstić information content (AvgIpc) is 3.62. The Kier molecular flexibility index (Phi) is 4.90. The molecule has 0 radical (unpaired) electrons. The minimum Gasteiger partial charge on any atom is -0.338 e. The summed E-state index contributed by atoms with van der Waals surface area (Å²) in [6, 6.07) is 1.09. The van der Waals surface area contributed by atoms with Crippen molar-refractivity contribution in [1.29, 1.82) is 0 Å². The van der Waals surface area contributed by atoms with Crippen molar-refractivity contribution in [3.63, 3.8) is 0 Å². The number of alkyl halides is 2. The van der Waals surface area contributed by atoms with Gasteiger partial charge in [0.25, 0.3) is 24.0 Å². The molecular formula is C23H22F3N7O3. The van der Waals surface area contributed by atoms with Crippen LogP contribution in [0.1, 0.15) is 69.5 Å². The van der Waals surface area contributed by atoms with Crippen molar-refractivity contribution in [3.8, 4) is 0 Å². The molecular weight excluding hydrogens is 479 g/mol. The highest BCUT2D eigenvalue weighted by Crippen LogP contribution is 2.54. The van der Waals surface area contributed by atoms with Gasteiger partial charge in [-0.25, -0.2) is 13.2 Å². The number of nitrogens with one attached hydrogen (secondary N) is 5. The maximum atomic E-state index is 14.5. The van der Waals surface area contributed by atoms with Crippen LogP contribution in [0.3, 0.4) is 0 Å². The van der Waals surface area contributed by atoms with E-state index in [1.54, 1.807) is 17.7 Å². The summed E-state index contributed by atoms with van der Waals surface area (Å²) < 4.78 is 42.3. The highest BCUT2D eigenvalue weighted by Gasteiger charge is 2.52. The minimum atomic E-state index is -3.15. The third kappa shape index (κ3) is 3.37. The maximum Gasteiger partial charge on any atom is 0.293 e. The molecule has 2 unspecified atom stereocenters. The van der Waals surface area contributed by atoms with Crippen LogP contribution in [-0.2, 0) is 11.2 Å². The molecule has 2 fully saturated rings. The Morgan fingerprint density at radius 3 is 2.72 bits per heavy atom. The van der Waals surface area contributed by atoms with E-state index in [1.807, 2.05) is 0 Å². The number of amides is 2. The van der Waals surface area contributed by atoms with Crippen LogP contribution in [0, 0.1) is 18.7 Å². The first-order valence-electron chi connectivity index (χ1n) is 11.5. The molecule has 0 aromatic carbocycles. The lowest BCUT2D eigenvalue weighted by Crippen LogP contribution is -2.46. The van der Waals surface area contributed by atoms with Crippen LogP contribution in [0.5, 0.6) is 0 Å². The number of hydrogen-bond acceptors (Lipinski definition) is 7. The standard InChI is InChI=1S/C23H22F3N7O3/c1-9-15(19(34)22(36)30-23(3-4-23)14-8-28-32-31-14)13-7-10-6-12(10)33(13)18(9)21(35)29-11-2-5-27-17(16(11)24)20(25)26/h2,5,8,10,12,20,28,31-32H,3-4,6-7H2,1H3,(H,30,36)(H,27,29,35). The van der Waals surface area contributed by atoms with Gasteiger partial charge in [0, 0.05) is 24.1 Å². The molecule has 13 heteroatoms. The number of halogens is 3. The summed E-state index contributed by atoms with van der Waals surface area (Å²) >= 11 is 0. The largest absolute Gasteiger partial charge is 0.338 e. The number of nitrogens with zero attached hydrogens (tertiary/aromatic N) is 2. The zero-order valence-corrected chi connectivity index (χ0v) is 19.0. The summed E-state index contributed by atoms with van der Waals surface area (Å²) in [5.41, 5.74) is 8.10. The zero-order chi connectivity index (χ0) is 25.4. The first kappa shape index (κ1) is 22.6. The third-order valence-corrected chi connectivity index (χ3v) is 7.35. The van der Waals surface area contributed by atoms with Crippen LogP contribution in [0.4, 0.5) is 18.9 Å². The topological polar surface area (TPSA) is 129 Å². The molecule has 2 aliphatic carbocycles. The summed E-state index contributed by atoms with van der Waals surface area (Å²) in [6.07, 6.45) is 2.20. The van der Waals surface area contributed by atoms with Gasteiger partial charge >= 0.3 is 0 Å². The Morgan fingerprint density at radius 2 is 2.06 bits per heavy atom. The molecule has 2 saturated carbocycles. The quantitative estimate of drug-likeness (QED) is 0.290. The van der Waals surface area contributed by atoms with E-state index >= 15 is 0 Å². The van der Waals surface area contributed by atoms with Gasteiger partial charge in [-0.15, -0.1) is 0 Å². The number of pyridine rings is 1. The van der Waals surface area contributed by atoms with Crippen molar-refractivity contribution in [3.05, 3.63) is 58.2 Å². The summed E-state index contributed by atoms with van der Waals surface area (Å²) in [6.45, 7) is 1.56. The molecule has 2 amide bonds. The number of aromatic nitrogens is 2. The zero-order valence-electron chi connectivity index (χ0n) is 19.0. The molecule has 5 N–H and O–H groups in total. The second-order valence-electron chi connectivity index (χ2n) is 9.56. The van der Waals surface area contributed by atoms with E-state index in [2.05, 4.69) is 32.0 Å². The number of hydrazine groups is 2. The van der Waals surface area contributed by atoms with E-state index in [1.165, 1.54) is 0 Å². The van der Waals surface area contributed by atoms with Gasteiger partial charge in [0.1, 0.15) is 11.4 Å². The second kappa shape index (κ2) is 7.82. The number of hydrogen-bond donors (Lipinski definition) is 5. The van der Waals surface area contributed by atoms with Crippen LogP contribution >= 0.6 is 0 Å². The Morgan fingerprint density at radius 1 is 1.28 bits per heavy atom. The van der Waals surface area contributed by atoms with E-state index < -0.39 is 46.8 Å². The SMILES string of the molecule is Cc1c(C(=O)C(=O)NC2(C3=CNNN3)CC2)c2n(c1C(=O)Nc1ccnc(C(F)F)c1F)C1CC1C2. The normalized spacial score (nSPS) is 22.2. The monoisotopic (exact) mass is 501 g/mol. The summed E-state index contributed by atoms with van der Waals surface area (Å²) in [5, 5.41) is 5.16.